The predicted octanol–water partition coefficient (Wildman–Crippen LogP) is 3.66. The standard InChI is InChI=1S/C16H36N.C6H12O2.ClH/c1-5-9-13-17(14-10-6-2,15-11-7-3)16-12-8-4;1-2-3-4-5-6(7)8;/h5-16H2,1-4H3;2-5H2,1H3,(H,7,8);1H/q+1;;/p-1. The number of carboxylic acid groups (broad SMARTS) is 1. The summed E-state index contributed by atoms with van der Waals surface area (Å²) in [5.74, 6) is -0.682. The molecule has 0 rings (SSSR count). The van der Waals surface area contributed by atoms with Crippen LogP contribution < -0.4 is 12.4 Å². The number of hydrogen-bond donors (Lipinski definition) is 1. The first-order valence-electron chi connectivity index (χ1n) is 11.1. The maximum atomic E-state index is 9.87. The first-order valence-corrected chi connectivity index (χ1v) is 11.1. The lowest BCUT2D eigenvalue weighted by molar-refractivity contribution is -0.929. The Balaban J connectivity index is -0.000000498. The zero-order chi connectivity index (χ0) is 19.4. The van der Waals surface area contributed by atoms with Crippen LogP contribution in [0.3, 0.4) is 0 Å². The van der Waals surface area contributed by atoms with E-state index in [2.05, 4.69) is 34.6 Å². The Morgan fingerprint density at radius 3 is 1.15 bits per heavy atom. The van der Waals surface area contributed by atoms with Gasteiger partial charge in [0.15, 0.2) is 0 Å². The fourth-order valence-electron chi connectivity index (χ4n) is 3.17. The predicted molar refractivity (Wildman–Crippen MR) is 111 cm³/mol. The molecule has 0 spiro atoms. The third kappa shape index (κ3) is 20.0. The van der Waals surface area contributed by atoms with Crippen LogP contribution in [0.4, 0.5) is 0 Å². The smallest absolute Gasteiger partial charge is 0.303 e. The SMILES string of the molecule is CCCCCC(=O)O.CCCC[N+](CCCC)(CCCC)CCCC.[Cl-]. The monoisotopic (exact) mass is 393 g/mol. The lowest BCUT2D eigenvalue weighted by Crippen LogP contribution is -3.00. The second kappa shape index (κ2) is 22.8. The molecular weight excluding hydrogens is 346 g/mol. The molecule has 1 N–H and O–H groups in total. The molecule has 0 bridgehead atoms. The molecule has 4 heteroatoms. The van der Waals surface area contributed by atoms with Crippen LogP contribution in [0.15, 0.2) is 0 Å². The molecule has 0 atom stereocenters. The Labute approximate surface area is 170 Å². The number of quaternary nitrogens is 1. The molecule has 0 heterocycles. The van der Waals surface area contributed by atoms with E-state index in [1.54, 1.807) is 0 Å². The van der Waals surface area contributed by atoms with E-state index in [1.807, 2.05) is 0 Å². The summed E-state index contributed by atoms with van der Waals surface area (Å²) in [6, 6.07) is 0. The van der Waals surface area contributed by atoms with E-state index in [0.717, 1.165) is 19.3 Å². The molecule has 0 fully saturated rings. The molecule has 0 aromatic carbocycles. The summed E-state index contributed by atoms with van der Waals surface area (Å²) in [5, 5.41) is 8.14. The van der Waals surface area contributed by atoms with Crippen molar-refractivity contribution in [1.82, 2.24) is 0 Å². The molecule has 0 aromatic rings. The van der Waals surface area contributed by atoms with Crippen LogP contribution >= 0.6 is 0 Å². The summed E-state index contributed by atoms with van der Waals surface area (Å²) in [4.78, 5) is 9.87. The van der Waals surface area contributed by atoms with Gasteiger partial charge >= 0.3 is 5.97 Å². The number of carboxylic acids is 1. The van der Waals surface area contributed by atoms with Crippen LogP contribution in [-0.2, 0) is 4.79 Å². The van der Waals surface area contributed by atoms with Gasteiger partial charge in [-0.25, -0.2) is 0 Å². The molecule has 0 aromatic heterocycles. The van der Waals surface area contributed by atoms with Gasteiger partial charge in [0.1, 0.15) is 0 Å². The van der Waals surface area contributed by atoms with Crippen molar-refractivity contribution in [2.75, 3.05) is 26.2 Å². The summed E-state index contributed by atoms with van der Waals surface area (Å²) >= 11 is 0. The highest BCUT2D eigenvalue weighted by molar-refractivity contribution is 5.66. The summed E-state index contributed by atoms with van der Waals surface area (Å²) in [6.45, 7) is 17.1. The van der Waals surface area contributed by atoms with E-state index < -0.39 is 5.97 Å². The normalized spacial score (nSPS) is 10.7. The van der Waals surface area contributed by atoms with Gasteiger partial charge in [0.2, 0.25) is 0 Å². The van der Waals surface area contributed by atoms with Gasteiger partial charge in [0.25, 0.3) is 0 Å². The Kier molecular flexibility index (Phi) is 26.7. The second-order valence-corrected chi connectivity index (χ2v) is 7.50. The van der Waals surface area contributed by atoms with E-state index in [-0.39, 0.29) is 12.4 Å². The van der Waals surface area contributed by atoms with Crippen molar-refractivity contribution in [2.45, 2.75) is 112 Å². The Morgan fingerprint density at radius 1 is 0.615 bits per heavy atom. The number of hydrogen-bond acceptors (Lipinski definition) is 1. The maximum Gasteiger partial charge on any atom is 0.303 e. The average molecular weight is 394 g/mol. The second-order valence-electron chi connectivity index (χ2n) is 7.50. The van der Waals surface area contributed by atoms with Gasteiger partial charge in [0.05, 0.1) is 26.2 Å². The highest BCUT2D eigenvalue weighted by atomic mass is 35.5. The summed E-state index contributed by atoms with van der Waals surface area (Å²) in [6.07, 6.45) is 14.3. The molecule has 0 radical (unpaired) electrons. The summed E-state index contributed by atoms with van der Waals surface area (Å²) in [5.41, 5.74) is 0. The quantitative estimate of drug-likeness (QED) is 0.321. The Hall–Kier alpha value is -0.280. The molecule has 0 unspecified atom stereocenters. The van der Waals surface area contributed by atoms with Crippen LogP contribution in [0.1, 0.15) is 112 Å². The first-order chi connectivity index (χ1) is 12.0. The van der Waals surface area contributed by atoms with Crippen molar-refractivity contribution in [3.05, 3.63) is 0 Å². The van der Waals surface area contributed by atoms with Gasteiger partial charge in [-0.1, -0.05) is 73.1 Å². The molecule has 26 heavy (non-hydrogen) atoms. The molecule has 0 aliphatic heterocycles. The van der Waals surface area contributed by atoms with Crippen molar-refractivity contribution >= 4 is 5.97 Å². The number of rotatable bonds is 16. The molecule has 0 amide bonds. The van der Waals surface area contributed by atoms with E-state index in [0.29, 0.717) is 6.42 Å². The molecule has 0 aliphatic rings. The highest BCUT2D eigenvalue weighted by Crippen LogP contribution is 2.16. The number of nitrogens with zero attached hydrogens (tertiary/aromatic N) is 1. The van der Waals surface area contributed by atoms with Gasteiger partial charge in [-0.2, -0.15) is 0 Å². The van der Waals surface area contributed by atoms with Crippen molar-refractivity contribution < 1.29 is 26.8 Å². The first kappa shape index (κ1) is 30.4. The number of carbonyl (C=O) groups is 1. The zero-order valence-corrected chi connectivity index (χ0v) is 19.3. The van der Waals surface area contributed by atoms with Crippen LogP contribution in [-0.4, -0.2) is 41.7 Å². The lowest BCUT2D eigenvalue weighted by atomic mass is 10.1. The van der Waals surface area contributed by atoms with Crippen LogP contribution in [0.25, 0.3) is 0 Å². The van der Waals surface area contributed by atoms with Crippen molar-refractivity contribution in [3.63, 3.8) is 0 Å². The topological polar surface area (TPSA) is 37.3 Å². The summed E-state index contributed by atoms with van der Waals surface area (Å²) in [7, 11) is 0. The fraction of sp³-hybridized carbons (Fsp3) is 0.955. The Bertz CT molecular complexity index is 248. The maximum absolute atomic E-state index is 9.87. The molecule has 3 nitrogen and oxygen atoms in total. The fourth-order valence-corrected chi connectivity index (χ4v) is 3.17. The van der Waals surface area contributed by atoms with Crippen LogP contribution in [0.5, 0.6) is 0 Å². The van der Waals surface area contributed by atoms with Crippen LogP contribution in [0, 0.1) is 0 Å². The number of unbranched alkanes of at least 4 members (excludes halogenated alkanes) is 6. The number of halogens is 1. The molecule has 0 saturated carbocycles. The highest BCUT2D eigenvalue weighted by Gasteiger charge is 2.24. The largest absolute Gasteiger partial charge is 1.00 e. The molecule has 160 valence electrons. The van der Waals surface area contributed by atoms with Gasteiger partial charge < -0.3 is 22.0 Å². The molecular formula is C22H48ClNO2. The Morgan fingerprint density at radius 2 is 0.923 bits per heavy atom. The van der Waals surface area contributed by atoms with E-state index in [9.17, 15) is 4.79 Å². The third-order valence-corrected chi connectivity index (χ3v) is 4.94. The zero-order valence-electron chi connectivity index (χ0n) is 18.5. The van der Waals surface area contributed by atoms with E-state index in [1.165, 1.54) is 82.0 Å². The number of aliphatic carboxylic acids is 1. The van der Waals surface area contributed by atoms with Gasteiger partial charge in [0, 0.05) is 6.42 Å². The minimum absolute atomic E-state index is 0. The van der Waals surface area contributed by atoms with Gasteiger partial charge in [-0.15, -0.1) is 0 Å². The van der Waals surface area contributed by atoms with Crippen molar-refractivity contribution in [2.24, 2.45) is 0 Å². The molecule has 0 aliphatic carbocycles. The van der Waals surface area contributed by atoms with Crippen molar-refractivity contribution in [1.29, 1.82) is 0 Å². The van der Waals surface area contributed by atoms with E-state index >= 15 is 0 Å². The minimum atomic E-state index is -0.682. The third-order valence-electron chi connectivity index (χ3n) is 4.94. The molecule has 0 saturated heterocycles. The van der Waals surface area contributed by atoms with E-state index in [4.69, 9.17) is 5.11 Å². The van der Waals surface area contributed by atoms with Crippen LogP contribution in [0.2, 0.25) is 0 Å². The average Bonchev–Trinajstić information content (AvgIpc) is 2.61. The summed E-state index contributed by atoms with van der Waals surface area (Å²) < 4.78 is 1.42. The van der Waals surface area contributed by atoms with Gasteiger partial charge in [-0.3, -0.25) is 4.79 Å². The van der Waals surface area contributed by atoms with Crippen molar-refractivity contribution in [3.8, 4) is 0 Å². The van der Waals surface area contributed by atoms with Gasteiger partial charge in [-0.05, 0) is 32.1 Å². The lowest BCUT2D eigenvalue weighted by Gasteiger charge is -2.39. The minimum Gasteiger partial charge on any atom is -1.00 e.